The Kier molecular flexibility index (Phi) is 8.42. The number of carbonyl (C=O) groups is 2. The maximum Gasteiger partial charge on any atom is 0.327 e. The highest BCUT2D eigenvalue weighted by atomic mass is 31.2. The molecule has 1 saturated carbocycles. The van der Waals surface area contributed by atoms with Gasteiger partial charge in [0.1, 0.15) is 29.5 Å². The summed E-state index contributed by atoms with van der Waals surface area (Å²) in [5.74, 6) is -3.53. The van der Waals surface area contributed by atoms with E-state index in [0.717, 1.165) is 25.1 Å². The minimum absolute atomic E-state index is 0.0154. The Morgan fingerprint density at radius 1 is 1.09 bits per heavy atom. The second kappa shape index (κ2) is 11.9. The van der Waals surface area contributed by atoms with Gasteiger partial charge in [-0.25, -0.2) is 8.78 Å². The lowest BCUT2D eigenvalue weighted by atomic mass is 10.0. The Morgan fingerprint density at radius 3 is 2.44 bits per heavy atom. The first-order valence-electron chi connectivity index (χ1n) is 13.7. The number of nitrogens with one attached hydrogen (secondary N) is 1. The Morgan fingerprint density at radius 2 is 1.79 bits per heavy atom. The lowest BCUT2D eigenvalue weighted by molar-refractivity contribution is 0.0379. The lowest BCUT2D eigenvalue weighted by Crippen LogP contribution is -2.69. The van der Waals surface area contributed by atoms with Gasteiger partial charge >= 0.3 is 7.60 Å². The van der Waals surface area contributed by atoms with Crippen LogP contribution in [-0.4, -0.2) is 56.6 Å². The number of fused-ring (bicyclic) bond motifs is 1. The summed E-state index contributed by atoms with van der Waals surface area (Å²) in [6.07, 6.45) is 3.09. The molecular formula is C29H31F2N4O7P. The zero-order chi connectivity index (χ0) is 30.9. The van der Waals surface area contributed by atoms with Crippen LogP contribution >= 0.6 is 7.60 Å². The highest BCUT2D eigenvalue weighted by Gasteiger charge is 2.51. The van der Waals surface area contributed by atoms with Gasteiger partial charge in [-0.3, -0.25) is 28.6 Å². The molecule has 3 N–H and O–H groups in total. The molecule has 2 aliphatic rings. The van der Waals surface area contributed by atoms with Gasteiger partial charge in [-0.2, -0.15) is 0 Å². The average Bonchev–Trinajstić information content (AvgIpc) is 3.45. The molecule has 0 radical (unpaired) electrons. The summed E-state index contributed by atoms with van der Waals surface area (Å²) in [6.45, 7) is -0.669. The van der Waals surface area contributed by atoms with E-state index in [9.17, 15) is 37.5 Å². The summed E-state index contributed by atoms with van der Waals surface area (Å²) in [4.78, 5) is 62.0. The number of nitrogens with zero attached hydrogens (tertiary/aromatic N) is 3. The Hall–Kier alpha value is -4.06. The smallest absolute Gasteiger partial charge is 0.327 e. The summed E-state index contributed by atoms with van der Waals surface area (Å²) < 4.78 is 46.8. The number of halogens is 2. The van der Waals surface area contributed by atoms with Crippen molar-refractivity contribution < 1.29 is 37.5 Å². The van der Waals surface area contributed by atoms with Crippen LogP contribution in [0.3, 0.4) is 0 Å². The van der Waals surface area contributed by atoms with Crippen molar-refractivity contribution >= 4 is 19.4 Å². The predicted molar refractivity (Wildman–Crippen MR) is 152 cm³/mol. The van der Waals surface area contributed by atoms with Crippen LogP contribution in [-0.2, 0) is 17.7 Å². The molecule has 5 rings (SSSR count). The fraction of sp³-hybridized carbons (Fsp3) is 0.345. The van der Waals surface area contributed by atoms with Gasteiger partial charge in [-0.15, -0.1) is 0 Å². The van der Waals surface area contributed by atoms with Gasteiger partial charge in [0.15, 0.2) is 11.4 Å². The summed E-state index contributed by atoms with van der Waals surface area (Å²) >= 11 is 0. The van der Waals surface area contributed by atoms with E-state index in [2.05, 4.69) is 5.32 Å². The molecule has 1 fully saturated rings. The lowest BCUT2D eigenvalue weighted by Gasteiger charge is -2.53. The number of hydrogen-bond acceptors (Lipinski definition) is 6. The molecule has 2 heterocycles. The average molecular weight is 617 g/mol. The van der Waals surface area contributed by atoms with Gasteiger partial charge in [0.05, 0.1) is 6.16 Å². The Labute approximate surface area is 245 Å². The van der Waals surface area contributed by atoms with Crippen molar-refractivity contribution in [3.05, 3.63) is 99.0 Å². The predicted octanol–water partition coefficient (Wildman–Crippen LogP) is 3.11. The van der Waals surface area contributed by atoms with E-state index < -0.39 is 59.6 Å². The standard InChI is InChI=1S/C29H31F2N4O7P/c1-33-28(38)24-26(42-18-19-7-3-2-4-8-19)25(36)22(27(37)32-16-20-9-10-21(30)15-23(20)31)17-34(24)35(13-14-43(39,40)41)29(33)11-5-6-12-29/h2-4,7-10,15,17H,5-6,11-14,16,18H2,1H3,(H,32,37)(H2,39,40,41). The molecule has 1 spiro atoms. The number of aromatic nitrogens is 1. The maximum atomic E-state index is 14.2. The van der Waals surface area contributed by atoms with Crippen molar-refractivity contribution in [3.8, 4) is 5.75 Å². The van der Waals surface area contributed by atoms with Gasteiger partial charge in [0.25, 0.3) is 11.8 Å². The third kappa shape index (κ3) is 6.06. The van der Waals surface area contributed by atoms with Gasteiger partial charge < -0.3 is 24.7 Å². The van der Waals surface area contributed by atoms with Crippen LogP contribution in [0, 0.1) is 11.6 Å². The van der Waals surface area contributed by atoms with Crippen LogP contribution < -0.4 is 20.5 Å². The fourth-order valence-electron chi connectivity index (χ4n) is 5.72. The molecule has 3 aromatic rings. The summed E-state index contributed by atoms with van der Waals surface area (Å²) in [5.41, 5.74) is -1.80. The van der Waals surface area contributed by atoms with E-state index in [4.69, 9.17) is 4.74 Å². The van der Waals surface area contributed by atoms with Gasteiger partial charge in [0.2, 0.25) is 5.43 Å². The van der Waals surface area contributed by atoms with Crippen LogP contribution in [0.25, 0.3) is 0 Å². The zero-order valence-electron chi connectivity index (χ0n) is 23.3. The van der Waals surface area contributed by atoms with Crippen molar-refractivity contribution in [2.75, 3.05) is 24.8 Å². The van der Waals surface area contributed by atoms with Crippen molar-refractivity contribution in [2.45, 2.75) is 44.5 Å². The Balaban J connectivity index is 1.62. The van der Waals surface area contributed by atoms with Crippen LogP contribution in [0.2, 0.25) is 0 Å². The maximum absolute atomic E-state index is 14.2. The molecule has 1 aromatic heterocycles. The van der Waals surface area contributed by atoms with Gasteiger partial charge in [-0.1, -0.05) is 36.4 Å². The largest absolute Gasteiger partial charge is 0.482 e. The topological polar surface area (TPSA) is 141 Å². The first-order valence-corrected chi connectivity index (χ1v) is 15.5. The normalized spacial score (nSPS) is 16.0. The number of benzene rings is 2. The molecule has 43 heavy (non-hydrogen) atoms. The number of hydrogen-bond donors (Lipinski definition) is 3. The van der Waals surface area contributed by atoms with E-state index in [-0.39, 0.29) is 31.0 Å². The van der Waals surface area contributed by atoms with E-state index in [1.807, 2.05) is 0 Å². The van der Waals surface area contributed by atoms with Crippen molar-refractivity contribution in [1.29, 1.82) is 0 Å². The summed E-state index contributed by atoms with van der Waals surface area (Å²) in [5, 5.41) is 4.08. The number of amides is 2. The van der Waals surface area contributed by atoms with Crippen LogP contribution in [0.5, 0.6) is 5.75 Å². The minimum atomic E-state index is -4.49. The molecule has 0 saturated heterocycles. The van der Waals surface area contributed by atoms with Crippen LogP contribution in [0.15, 0.2) is 59.5 Å². The third-order valence-corrected chi connectivity index (χ3v) is 8.73. The molecule has 2 aromatic carbocycles. The summed E-state index contributed by atoms with van der Waals surface area (Å²) in [6, 6.07) is 11.7. The highest BCUT2D eigenvalue weighted by molar-refractivity contribution is 7.51. The van der Waals surface area contributed by atoms with E-state index in [0.29, 0.717) is 24.5 Å². The highest BCUT2D eigenvalue weighted by Crippen LogP contribution is 2.43. The molecule has 11 nitrogen and oxygen atoms in total. The molecule has 0 bridgehead atoms. The number of pyridine rings is 1. The minimum Gasteiger partial charge on any atom is -0.482 e. The Bertz CT molecular complexity index is 1650. The molecule has 2 amide bonds. The zero-order valence-corrected chi connectivity index (χ0v) is 24.2. The van der Waals surface area contributed by atoms with Crippen LogP contribution in [0.4, 0.5) is 8.78 Å². The quantitative estimate of drug-likeness (QED) is 0.312. The molecule has 0 atom stereocenters. The first kappa shape index (κ1) is 30.4. The van der Waals surface area contributed by atoms with E-state index >= 15 is 0 Å². The first-order chi connectivity index (χ1) is 20.4. The van der Waals surface area contributed by atoms with Crippen molar-refractivity contribution in [1.82, 2.24) is 14.9 Å². The van der Waals surface area contributed by atoms with E-state index in [1.165, 1.54) is 15.6 Å². The molecule has 1 aliphatic carbocycles. The number of ether oxygens (including phenoxy) is 1. The molecule has 0 unspecified atom stereocenters. The molecule has 14 heteroatoms. The van der Waals surface area contributed by atoms with Crippen LogP contribution in [0.1, 0.15) is 57.7 Å². The third-order valence-electron chi connectivity index (χ3n) is 7.95. The molecular weight excluding hydrogens is 585 g/mol. The number of carbonyl (C=O) groups excluding carboxylic acids is 2. The SMILES string of the molecule is CN1C(=O)c2c(OCc3ccccc3)c(=O)c(C(=O)NCc3ccc(F)cc3F)cn2N(CCP(=O)(O)O)C12CCCC2. The van der Waals surface area contributed by atoms with Gasteiger partial charge in [-0.05, 0) is 37.3 Å². The van der Waals surface area contributed by atoms with Gasteiger partial charge in [0, 0.05) is 38.0 Å². The molecule has 228 valence electrons. The van der Waals surface area contributed by atoms with Crippen molar-refractivity contribution in [2.24, 2.45) is 0 Å². The van der Waals surface area contributed by atoms with Crippen molar-refractivity contribution in [3.63, 3.8) is 0 Å². The second-order valence-corrected chi connectivity index (χ2v) is 12.4. The fourth-order valence-corrected chi connectivity index (χ4v) is 6.17. The molecule has 1 aliphatic heterocycles. The monoisotopic (exact) mass is 616 g/mol. The number of rotatable bonds is 9. The second-order valence-electron chi connectivity index (χ2n) is 10.7. The summed E-state index contributed by atoms with van der Waals surface area (Å²) in [7, 11) is -2.91. The van der Waals surface area contributed by atoms with E-state index in [1.54, 1.807) is 42.4 Å².